The van der Waals surface area contributed by atoms with Crippen LogP contribution in [0, 0.1) is 5.41 Å². The number of carbonyl (C=O) groups excluding carboxylic acids is 4. The monoisotopic (exact) mass is 643 g/mol. The molecule has 0 bridgehead atoms. The number of aliphatic carboxylic acids is 2. The van der Waals surface area contributed by atoms with Crippen LogP contribution in [0.15, 0.2) is 30.5 Å². The molecule has 250 valence electrons. The highest BCUT2D eigenvalue weighted by Crippen LogP contribution is 2.22. The highest BCUT2D eigenvalue weighted by molar-refractivity contribution is 5.95. The molecule has 17 heteroatoms. The zero-order chi connectivity index (χ0) is 33.8. The molecule has 0 spiro atoms. The van der Waals surface area contributed by atoms with Crippen molar-refractivity contribution in [2.24, 2.45) is 11.5 Å². The van der Waals surface area contributed by atoms with E-state index in [4.69, 9.17) is 22.0 Å². The number of likely N-dealkylation sites (tertiary alicyclic amines) is 1. The Morgan fingerprint density at radius 1 is 1.04 bits per heavy atom. The molecule has 1 aromatic carbocycles. The number of aromatic nitrogens is 1. The maximum Gasteiger partial charge on any atom is 0.326 e. The van der Waals surface area contributed by atoms with E-state index in [9.17, 15) is 33.9 Å². The van der Waals surface area contributed by atoms with Crippen molar-refractivity contribution in [2.45, 2.75) is 69.1 Å². The number of guanidine groups is 1. The fourth-order valence-electron chi connectivity index (χ4n) is 5.27. The van der Waals surface area contributed by atoms with E-state index in [1.165, 1.54) is 4.90 Å². The Bertz CT molecular complexity index is 1440. The number of para-hydroxylation sites is 1. The van der Waals surface area contributed by atoms with Gasteiger partial charge in [-0.05, 0) is 50.2 Å². The molecule has 4 atom stereocenters. The van der Waals surface area contributed by atoms with Crippen molar-refractivity contribution < 1.29 is 39.0 Å². The van der Waals surface area contributed by atoms with Crippen molar-refractivity contribution in [2.75, 3.05) is 19.6 Å². The summed E-state index contributed by atoms with van der Waals surface area (Å²) < 4.78 is 0. The maximum atomic E-state index is 13.3. The Morgan fingerprint density at radius 2 is 1.78 bits per heavy atom. The summed E-state index contributed by atoms with van der Waals surface area (Å²) in [6, 6.07) is 3.10. The molecule has 1 aromatic heterocycles. The van der Waals surface area contributed by atoms with Crippen LogP contribution in [0.2, 0.25) is 0 Å². The minimum Gasteiger partial charge on any atom is -0.481 e. The van der Waals surface area contributed by atoms with Crippen LogP contribution >= 0.6 is 0 Å². The van der Waals surface area contributed by atoms with Crippen LogP contribution in [0.1, 0.15) is 44.1 Å². The van der Waals surface area contributed by atoms with E-state index in [2.05, 4.69) is 26.3 Å². The molecule has 1 saturated heterocycles. The number of carboxylic acid groups (broad SMARTS) is 2. The van der Waals surface area contributed by atoms with Gasteiger partial charge in [0.1, 0.15) is 18.1 Å². The lowest BCUT2D eigenvalue weighted by molar-refractivity contribution is -0.142. The Balaban J connectivity index is 1.58. The number of carbonyl (C=O) groups is 6. The molecular formula is C29H41N9O8. The first-order valence-electron chi connectivity index (χ1n) is 14.9. The van der Waals surface area contributed by atoms with Gasteiger partial charge in [0, 0.05) is 36.6 Å². The predicted octanol–water partition coefficient (Wildman–Crippen LogP) is -1.67. The van der Waals surface area contributed by atoms with Gasteiger partial charge in [0.05, 0.1) is 12.6 Å². The summed E-state index contributed by atoms with van der Waals surface area (Å²) in [4.78, 5) is 79.3. The molecule has 0 saturated carbocycles. The molecule has 0 aliphatic carbocycles. The molecule has 1 aliphatic heterocycles. The van der Waals surface area contributed by atoms with Gasteiger partial charge in [-0.2, -0.15) is 0 Å². The summed E-state index contributed by atoms with van der Waals surface area (Å²) in [6.45, 7) is -0.137. The number of nitrogens with one attached hydrogen (secondary N) is 6. The van der Waals surface area contributed by atoms with E-state index in [0.29, 0.717) is 12.8 Å². The molecular weight excluding hydrogens is 602 g/mol. The van der Waals surface area contributed by atoms with Crippen molar-refractivity contribution in [3.8, 4) is 0 Å². The molecule has 17 nitrogen and oxygen atoms in total. The first-order chi connectivity index (χ1) is 21.9. The predicted molar refractivity (Wildman–Crippen MR) is 165 cm³/mol. The van der Waals surface area contributed by atoms with Gasteiger partial charge in [-0.25, -0.2) is 4.79 Å². The van der Waals surface area contributed by atoms with Gasteiger partial charge in [0.2, 0.25) is 23.6 Å². The molecule has 1 fully saturated rings. The average Bonchev–Trinajstić information content (AvgIpc) is 3.66. The lowest BCUT2D eigenvalue weighted by atomic mass is 10.0. The zero-order valence-corrected chi connectivity index (χ0v) is 25.2. The molecule has 0 unspecified atom stereocenters. The van der Waals surface area contributed by atoms with E-state index in [1.807, 2.05) is 24.3 Å². The SMILES string of the molecule is N=C(N)NCCC[C@H](NC(=O)CNC(=O)[C@H](CCC(=O)O)NC(=O)[C@@H]1CCCN1C(=O)[C@@H](N)Cc1c[nH]c2ccccc12)C(=O)O. The summed E-state index contributed by atoms with van der Waals surface area (Å²) in [5.74, 6) is -5.56. The second kappa shape index (κ2) is 16.8. The van der Waals surface area contributed by atoms with Gasteiger partial charge in [0.25, 0.3) is 0 Å². The number of carboxylic acids is 2. The third kappa shape index (κ3) is 10.2. The summed E-state index contributed by atoms with van der Waals surface area (Å²) in [6.07, 6.45) is 2.39. The lowest BCUT2D eigenvalue weighted by Gasteiger charge is -2.28. The normalized spacial score (nSPS) is 16.2. The highest BCUT2D eigenvalue weighted by Gasteiger charge is 2.38. The Labute approximate surface area is 264 Å². The second-order valence-corrected chi connectivity index (χ2v) is 11.0. The minimum absolute atomic E-state index is 0.0225. The smallest absolute Gasteiger partial charge is 0.326 e. The number of nitrogens with two attached hydrogens (primary N) is 2. The van der Waals surface area contributed by atoms with Crippen LogP contribution in [0.25, 0.3) is 10.9 Å². The highest BCUT2D eigenvalue weighted by atomic mass is 16.4. The van der Waals surface area contributed by atoms with Crippen LogP contribution in [0.3, 0.4) is 0 Å². The van der Waals surface area contributed by atoms with Gasteiger partial charge < -0.3 is 52.8 Å². The summed E-state index contributed by atoms with van der Waals surface area (Å²) in [7, 11) is 0. The zero-order valence-electron chi connectivity index (χ0n) is 25.2. The van der Waals surface area contributed by atoms with Crippen LogP contribution < -0.4 is 32.7 Å². The molecule has 0 radical (unpaired) electrons. The fraction of sp³-hybridized carbons (Fsp3) is 0.483. The Kier molecular flexibility index (Phi) is 12.9. The number of aromatic amines is 1. The van der Waals surface area contributed by atoms with Gasteiger partial charge in [-0.15, -0.1) is 0 Å². The van der Waals surface area contributed by atoms with Crippen LogP contribution in [-0.4, -0.2) is 105 Å². The van der Waals surface area contributed by atoms with E-state index in [0.717, 1.165) is 16.5 Å². The Hall–Kier alpha value is -5.19. The lowest BCUT2D eigenvalue weighted by Crippen LogP contribution is -2.56. The number of fused-ring (bicyclic) bond motifs is 1. The summed E-state index contributed by atoms with van der Waals surface area (Å²) >= 11 is 0. The molecule has 1 aliphatic rings. The third-order valence-corrected chi connectivity index (χ3v) is 7.59. The Morgan fingerprint density at radius 3 is 2.48 bits per heavy atom. The number of H-pyrrole nitrogens is 1. The standard InChI is InChI=1S/C29H41N9O8/c30-18(13-16-14-34-19-6-2-1-5-17(16)19)27(44)38-12-4-8-22(38)26(43)37-20(9-10-24(40)41)25(42)35-15-23(39)36-21(28(45)46)7-3-11-33-29(31)32/h1-2,5-6,14,18,20-22,34H,3-4,7-13,15,30H2,(H,35,42)(H,36,39)(H,37,43)(H,40,41)(H,45,46)(H4,31,32,33)/t18-,20-,21-,22-/m0/s1. The van der Waals surface area contributed by atoms with Crippen LogP contribution in [0.4, 0.5) is 0 Å². The van der Waals surface area contributed by atoms with Crippen molar-refractivity contribution in [3.63, 3.8) is 0 Å². The number of hydrogen-bond acceptors (Lipinski definition) is 8. The molecule has 12 N–H and O–H groups in total. The first-order valence-corrected chi connectivity index (χ1v) is 14.9. The average molecular weight is 644 g/mol. The van der Waals surface area contributed by atoms with Crippen molar-refractivity contribution >= 4 is 52.4 Å². The van der Waals surface area contributed by atoms with E-state index in [-0.39, 0.29) is 44.7 Å². The van der Waals surface area contributed by atoms with Crippen LogP contribution in [-0.2, 0) is 35.2 Å². The van der Waals surface area contributed by atoms with E-state index < -0.39 is 72.7 Å². The molecule has 3 rings (SSSR count). The van der Waals surface area contributed by atoms with Crippen LogP contribution in [0.5, 0.6) is 0 Å². The quantitative estimate of drug-likeness (QED) is 0.0528. The number of hydrogen-bond donors (Lipinski definition) is 10. The number of benzene rings is 1. The fourth-order valence-corrected chi connectivity index (χ4v) is 5.27. The maximum absolute atomic E-state index is 13.3. The molecule has 4 amide bonds. The van der Waals surface area contributed by atoms with E-state index in [1.54, 1.807) is 6.20 Å². The van der Waals surface area contributed by atoms with E-state index >= 15 is 0 Å². The van der Waals surface area contributed by atoms with Crippen molar-refractivity contribution in [1.29, 1.82) is 5.41 Å². The number of nitrogens with zero attached hydrogens (tertiary/aromatic N) is 1. The number of amides is 4. The van der Waals surface area contributed by atoms with Gasteiger partial charge in [0.15, 0.2) is 5.96 Å². The third-order valence-electron chi connectivity index (χ3n) is 7.59. The number of rotatable bonds is 17. The summed E-state index contributed by atoms with van der Waals surface area (Å²) in [5, 5.41) is 36.2. The summed E-state index contributed by atoms with van der Waals surface area (Å²) in [5.41, 5.74) is 13.2. The molecule has 2 heterocycles. The molecule has 46 heavy (non-hydrogen) atoms. The second-order valence-electron chi connectivity index (χ2n) is 11.0. The molecule has 2 aromatic rings. The van der Waals surface area contributed by atoms with Gasteiger partial charge in [-0.1, -0.05) is 18.2 Å². The topological polar surface area (TPSA) is 286 Å². The van der Waals surface area contributed by atoms with Crippen molar-refractivity contribution in [3.05, 3.63) is 36.0 Å². The van der Waals surface area contributed by atoms with Crippen molar-refractivity contribution in [1.82, 2.24) is 31.2 Å². The first kappa shape index (κ1) is 35.3. The minimum atomic E-state index is -1.35. The largest absolute Gasteiger partial charge is 0.481 e. The van der Waals surface area contributed by atoms with Gasteiger partial charge >= 0.3 is 11.9 Å². The van der Waals surface area contributed by atoms with Gasteiger partial charge in [-0.3, -0.25) is 29.4 Å².